The lowest BCUT2D eigenvalue weighted by molar-refractivity contribution is -0.149. The van der Waals surface area contributed by atoms with Crippen LogP contribution in [-0.4, -0.2) is 12.6 Å². The van der Waals surface area contributed by atoms with Gasteiger partial charge in [-0.3, -0.25) is 4.79 Å². The summed E-state index contributed by atoms with van der Waals surface area (Å²) < 4.78 is 5.30. The second kappa shape index (κ2) is 2.73. The molecule has 74 valence electrons. The normalized spacial score (nSPS) is 48.9. The number of fused-ring (bicyclic) bond motifs is 2. The summed E-state index contributed by atoms with van der Waals surface area (Å²) in [7, 11) is 0. The molecule has 2 fully saturated rings. The van der Waals surface area contributed by atoms with Gasteiger partial charge in [-0.2, -0.15) is 0 Å². The van der Waals surface area contributed by atoms with E-state index in [1.54, 1.807) is 0 Å². The predicted octanol–water partition coefficient (Wildman–Crippen LogP) is 2.52. The van der Waals surface area contributed by atoms with E-state index in [-0.39, 0.29) is 16.9 Å². The van der Waals surface area contributed by atoms with Crippen LogP contribution < -0.4 is 0 Å². The Morgan fingerprint density at radius 3 is 2.15 bits per heavy atom. The summed E-state index contributed by atoms with van der Waals surface area (Å²) in [6.45, 7) is 5.18. The Balaban J connectivity index is 2.26. The maximum atomic E-state index is 10.5. The SMILES string of the molecule is C[C@]12CCC[C@](C)(CC1)C2OC=O. The van der Waals surface area contributed by atoms with Crippen LogP contribution in [0.25, 0.3) is 0 Å². The fraction of sp³-hybridized carbons (Fsp3) is 0.909. The van der Waals surface area contributed by atoms with E-state index < -0.39 is 0 Å². The highest BCUT2D eigenvalue weighted by Crippen LogP contribution is 2.59. The van der Waals surface area contributed by atoms with Gasteiger partial charge < -0.3 is 4.74 Å². The van der Waals surface area contributed by atoms with Crippen molar-refractivity contribution >= 4 is 6.47 Å². The summed E-state index contributed by atoms with van der Waals surface area (Å²) in [4.78, 5) is 10.5. The standard InChI is InChI=1S/C11H18O2/c1-10-4-3-5-11(2,7-6-10)9(10)13-8-12/h8-9H,3-7H2,1-2H3/t9?,10-,11+. The third-order valence-electron chi connectivity index (χ3n) is 4.22. The Morgan fingerprint density at radius 2 is 1.69 bits per heavy atom. The molecule has 1 unspecified atom stereocenters. The molecule has 0 heterocycles. The third-order valence-corrected chi connectivity index (χ3v) is 4.22. The molecule has 3 atom stereocenters. The number of ether oxygens (including phenoxy) is 1. The lowest BCUT2D eigenvalue weighted by atomic mass is 9.68. The smallest absolute Gasteiger partial charge is 0.293 e. The van der Waals surface area contributed by atoms with Gasteiger partial charge in [-0.05, 0) is 25.7 Å². The first kappa shape index (κ1) is 9.04. The van der Waals surface area contributed by atoms with Gasteiger partial charge in [-0.25, -0.2) is 0 Å². The van der Waals surface area contributed by atoms with Crippen molar-refractivity contribution in [3.8, 4) is 0 Å². The van der Waals surface area contributed by atoms with Crippen molar-refractivity contribution in [3.63, 3.8) is 0 Å². The second-order valence-corrected chi connectivity index (χ2v) is 5.27. The van der Waals surface area contributed by atoms with Crippen molar-refractivity contribution in [3.05, 3.63) is 0 Å². The van der Waals surface area contributed by atoms with Gasteiger partial charge in [0.1, 0.15) is 6.10 Å². The Hall–Kier alpha value is -0.530. The molecule has 0 saturated heterocycles. The average molecular weight is 182 g/mol. The van der Waals surface area contributed by atoms with Crippen LogP contribution in [0.15, 0.2) is 0 Å². The van der Waals surface area contributed by atoms with Crippen molar-refractivity contribution < 1.29 is 9.53 Å². The molecule has 2 rings (SSSR count). The van der Waals surface area contributed by atoms with Crippen molar-refractivity contribution in [1.82, 2.24) is 0 Å². The maximum Gasteiger partial charge on any atom is 0.293 e. The number of carbonyl (C=O) groups is 1. The van der Waals surface area contributed by atoms with Crippen LogP contribution in [0, 0.1) is 10.8 Å². The molecule has 2 nitrogen and oxygen atoms in total. The Kier molecular flexibility index (Phi) is 1.90. The molecule has 13 heavy (non-hydrogen) atoms. The number of hydrogen-bond acceptors (Lipinski definition) is 2. The first-order valence-electron chi connectivity index (χ1n) is 5.20. The minimum atomic E-state index is 0.172. The Morgan fingerprint density at radius 1 is 1.15 bits per heavy atom. The van der Waals surface area contributed by atoms with Crippen LogP contribution in [0.2, 0.25) is 0 Å². The predicted molar refractivity (Wildman–Crippen MR) is 50.2 cm³/mol. The third kappa shape index (κ3) is 1.18. The molecule has 0 radical (unpaired) electrons. The first-order valence-corrected chi connectivity index (χ1v) is 5.20. The minimum absolute atomic E-state index is 0.172. The summed E-state index contributed by atoms with van der Waals surface area (Å²) in [5.74, 6) is 0. The van der Waals surface area contributed by atoms with Gasteiger partial charge in [-0.15, -0.1) is 0 Å². The van der Waals surface area contributed by atoms with Gasteiger partial charge >= 0.3 is 0 Å². The highest BCUT2D eigenvalue weighted by atomic mass is 16.5. The van der Waals surface area contributed by atoms with Crippen molar-refractivity contribution in [2.45, 2.75) is 52.1 Å². The molecule has 2 saturated carbocycles. The van der Waals surface area contributed by atoms with Crippen LogP contribution in [0.5, 0.6) is 0 Å². The highest BCUT2D eigenvalue weighted by molar-refractivity contribution is 5.38. The van der Waals surface area contributed by atoms with Gasteiger partial charge in [0, 0.05) is 10.8 Å². The number of rotatable bonds is 2. The zero-order valence-corrected chi connectivity index (χ0v) is 8.51. The average Bonchev–Trinajstić information content (AvgIpc) is 2.26. The zero-order chi connectivity index (χ0) is 9.53. The summed E-state index contributed by atoms with van der Waals surface area (Å²) >= 11 is 0. The van der Waals surface area contributed by atoms with E-state index in [2.05, 4.69) is 13.8 Å². The van der Waals surface area contributed by atoms with Crippen molar-refractivity contribution in [1.29, 1.82) is 0 Å². The molecule has 0 N–H and O–H groups in total. The van der Waals surface area contributed by atoms with E-state index in [0.717, 1.165) is 0 Å². The maximum absolute atomic E-state index is 10.5. The largest absolute Gasteiger partial charge is 0.463 e. The molecule has 2 aliphatic rings. The summed E-state index contributed by atoms with van der Waals surface area (Å²) in [5, 5.41) is 0. The number of hydrogen-bond donors (Lipinski definition) is 0. The van der Waals surface area contributed by atoms with Crippen molar-refractivity contribution in [2.75, 3.05) is 0 Å². The monoisotopic (exact) mass is 182 g/mol. The minimum Gasteiger partial charge on any atom is -0.463 e. The molecule has 2 aliphatic carbocycles. The van der Waals surface area contributed by atoms with Crippen LogP contribution in [0.1, 0.15) is 46.0 Å². The van der Waals surface area contributed by atoms with E-state index in [0.29, 0.717) is 6.47 Å². The Bertz CT molecular complexity index is 208. The van der Waals surface area contributed by atoms with E-state index in [4.69, 9.17) is 4.74 Å². The molecular weight excluding hydrogens is 164 g/mol. The lowest BCUT2D eigenvalue weighted by Gasteiger charge is -2.42. The molecular formula is C11H18O2. The quantitative estimate of drug-likeness (QED) is 0.613. The van der Waals surface area contributed by atoms with Gasteiger partial charge in [0.2, 0.25) is 0 Å². The zero-order valence-electron chi connectivity index (χ0n) is 8.51. The van der Waals surface area contributed by atoms with Crippen molar-refractivity contribution in [2.24, 2.45) is 10.8 Å². The van der Waals surface area contributed by atoms with Gasteiger partial charge in [0.15, 0.2) is 0 Å². The topological polar surface area (TPSA) is 26.3 Å². The van der Waals surface area contributed by atoms with Gasteiger partial charge in [0.25, 0.3) is 6.47 Å². The molecule has 0 aliphatic heterocycles. The highest BCUT2D eigenvalue weighted by Gasteiger charge is 2.55. The summed E-state index contributed by atoms with van der Waals surface area (Å²) in [6.07, 6.45) is 6.36. The van der Waals surface area contributed by atoms with Gasteiger partial charge in [0.05, 0.1) is 0 Å². The van der Waals surface area contributed by atoms with E-state index in [9.17, 15) is 4.79 Å². The van der Waals surface area contributed by atoms with Crippen LogP contribution in [-0.2, 0) is 9.53 Å². The van der Waals surface area contributed by atoms with E-state index >= 15 is 0 Å². The fourth-order valence-electron chi connectivity index (χ4n) is 3.47. The molecule has 2 bridgehead atoms. The first-order chi connectivity index (χ1) is 6.11. The Labute approximate surface area is 79.7 Å². The molecule has 0 aromatic carbocycles. The van der Waals surface area contributed by atoms with E-state index in [1.165, 1.54) is 32.1 Å². The summed E-state index contributed by atoms with van der Waals surface area (Å²) in [5.41, 5.74) is 0.543. The molecule has 0 spiro atoms. The van der Waals surface area contributed by atoms with Crippen LogP contribution >= 0.6 is 0 Å². The lowest BCUT2D eigenvalue weighted by Crippen LogP contribution is -2.42. The number of carbonyl (C=O) groups excluding carboxylic acids is 1. The second-order valence-electron chi connectivity index (χ2n) is 5.27. The summed E-state index contributed by atoms with van der Waals surface area (Å²) in [6, 6.07) is 0. The van der Waals surface area contributed by atoms with E-state index in [1.807, 2.05) is 0 Å². The molecule has 2 heteroatoms. The van der Waals surface area contributed by atoms with Gasteiger partial charge in [-0.1, -0.05) is 20.3 Å². The molecule has 0 amide bonds. The molecule has 0 aromatic rings. The molecule has 0 aromatic heterocycles. The van der Waals surface area contributed by atoms with Crippen LogP contribution in [0.3, 0.4) is 0 Å². The fourth-order valence-corrected chi connectivity index (χ4v) is 3.47. The van der Waals surface area contributed by atoms with Crippen LogP contribution in [0.4, 0.5) is 0 Å².